The molecule has 94 valence electrons. The molecule has 0 aliphatic heterocycles. The zero-order valence-corrected chi connectivity index (χ0v) is 9.75. The van der Waals surface area contributed by atoms with Gasteiger partial charge in [-0.25, -0.2) is 4.98 Å². The van der Waals surface area contributed by atoms with Gasteiger partial charge in [-0.2, -0.15) is 4.98 Å². The van der Waals surface area contributed by atoms with Gasteiger partial charge >= 0.3 is 5.69 Å². The van der Waals surface area contributed by atoms with Crippen molar-refractivity contribution >= 4 is 17.5 Å². The van der Waals surface area contributed by atoms with Crippen molar-refractivity contribution in [1.29, 1.82) is 0 Å². The summed E-state index contributed by atoms with van der Waals surface area (Å²) in [7, 11) is 1.63. The van der Waals surface area contributed by atoms with E-state index in [1.807, 2.05) is 6.92 Å². The van der Waals surface area contributed by atoms with Gasteiger partial charge in [-0.05, 0) is 6.92 Å². The number of rotatable bonds is 6. The molecule has 0 fully saturated rings. The Bertz CT molecular complexity index is 398. The van der Waals surface area contributed by atoms with Crippen molar-refractivity contribution in [1.82, 2.24) is 9.97 Å². The van der Waals surface area contributed by atoms with Crippen LogP contribution in [0.3, 0.4) is 0 Å². The third kappa shape index (κ3) is 3.00. The summed E-state index contributed by atoms with van der Waals surface area (Å²) >= 11 is 0. The quantitative estimate of drug-likeness (QED) is 0.543. The largest absolute Gasteiger partial charge is 0.395 e. The minimum atomic E-state index is -0.533. The van der Waals surface area contributed by atoms with Gasteiger partial charge in [0.25, 0.3) is 0 Å². The van der Waals surface area contributed by atoms with Gasteiger partial charge in [0.15, 0.2) is 0 Å². The van der Waals surface area contributed by atoms with Crippen LogP contribution in [0.15, 0.2) is 6.20 Å². The molecule has 8 nitrogen and oxygen atoms in total. The SMILES string of the molecule is CCN(CCO)c1nc(NC)ncc1[N+](=O)[O-]. The molecule has 1 aromatic heterocycles. The summed E-state index contributed by atoms with van der Waals surface area (Å²) in [6, 6.07) is 0. The van der Waals surface area contributed by atoms with E-state index in [0.29, 0.717) is 12.5 Å². The lowest BCUT2D eigenvalue weighted by molar-refractivity contribution is -0.384. The van der Waals surface area contributed by atoms with Crippen molar-refractivity contribution in [2.75, 3.05) is 37.0 Å². The molecule has 2 N–H and O–H groups in total. The minimum absolute atomic E-state index is 0.0934. The van der Waals surface area contributed by atoms with E-state index in [-0.39, 0.29) is 24.7 Å². The number of likely N-dealkylation sites (N-methyl/N-ethyl adjacent to an activating group) is 1. The first-order chi connectivity index (χ1) is 8.13. The Labute approximate surface area is 98.5 Å². The standard InChI is InChI=1S/C9H15N5O3/c1-3-13(4-5-15)8-7(14(16)17)6-11-9(10-2)12-8/h6,15H,3-5H2,1-2H3,(H,10,11,12). The molecule has 0 bridgehead atoms. The monoisotopic (exact) mass is 241 g/mol. The summed E-state index contributed by atoms with van der Waals surface area (Å²) in [6.07, 6.45) is 1.16. The van der Waals surface area contributed by atoms with Crippen LogP contribution >= 0.6 is 0 Å². The van der Waals surface area contributed by atoms with Crippen LogP contribution in [-0.2, 0) is 0 Å². The number of aromatic nitrogens is 2. The molecule has 0 saturated heterocycles. The summed E-state index contributed by atoms with van der Waals surface area (Å²) in [5.74, 6) is 0.521. The van der Waals surface area contributed by atoms with Crippen molar-refractivity contribution in [2.24, 2.45) is 0 Å². The predicted octanol–water partition coefficient (Wildman–Crippen LogP) is 0.245. The first-order valence-corrected chi connectivity index (χ1v) is 5.19. The molecule has 0 aliphatic carbocycles. The molecule has 0 atom stereocenters. The summed E-state index contributed by atoms with van der Waals surface area (Å²) in [4.78, 5) is 19.8. The van der Waals surface area contributed by atoms with Gasteiger partial charge in [-0.3, -0.25) is 10.1 Å². The maximum atomic E-state index is 10.9. The lowest BCUT2D eigenvalue weighted by Gasteiger charge is -2.20. The summed E-state index contributed by atoms with van der Waals surface area (Å²) < 4.78 is 0. The second-order valence-corrected chi connectivity index (χ2v) is 3.21. The van der Waals surface area contributed by atoms with E-state index in [9.17, 15) is 10.1 Å². The van der Waals surface area contributed by atoms with Gasteiger partial charge in [0.2, 0.25) is 11.8 Å². The normalized spacial score (nSPS) is 10.1. The fraction of sp³-hybridized carbons (Fsp3) is 0.556. The van der Waals surface area contributed by atoms with Crippen molar-refractivity contribution in [3.05, 3.63) is 16.3 Å². The minimum Gasteiger partial charge on any atom is -0.395 e. The van der Waals surface area contributed by atoms with E-state index in [1.54, 1.807) is 11.9 Å². The third-order valence-electron chi connectivity index (χ3n) is 2.22. The number of anilines is 2. The number of hydrogen-bond acceptors (Lipinski definition) is 7. The van der Waals surface area contributed by atoms with E-state index < -0.39 is 4.92 Å². The highest BCUT2D eigenvalue weighted by Gasteiger charge is 2.21. The molecule has 0 unspecified atom stereocenters. The highest BCUT2D eigenvalue weighted by Crippen LogP contribution is 2.25. The molecule has 8 heteroatoms. The second kappa shape index (κ2) is 5.94. The molecule has 0 aliphatic rings. The van der Waals surface area contributed by atoms with Gasteiger partial charge in [-0.15, -0.1) is 0 Å². The van der Waals surface area contributed by atoms with Gasteiger partial charge in [0, 0.05) is 20.1 Å². The Morgan fingerprint density at radius 3 is 2.82 bits per heavy atom. The van der Waals surface area contributed by atoms with Gasteiger partial charge in [0.1, 0.15) is 6.20 Å². The first-order valence-electron chi connectivity index (χ1n) is 5.19. The maximum absolute atomic E-state index is 10.9. The average Bonchev–Trinajstić information content (AvgIpc) is 2.35. The fourth-order valence-electron chi connectivity index (χ4n) is 1.38. The molecular formula is C9H15N5O3. The van der Waals surface area contributed by atoms with Crippen molar-refractivity contribution in [2.45, 2.75) is 6.92 Å². The number of nitrogens with zero attached hydrogens (tertiary/aromatic N) is 4. The molecule has 0 aromatic carbocycles. The van der Waals surface area contributed by atoms with Gasteiger partial charge in [-0.1, -0.05) is 0 Å². The van der Waals surface area contributed by atoms with Crippen molar-refractivity contribution in [3.63, 3.8) is 0 Å². The van der Waals surface area contributed by atoms with Gasteiger partial charge in [0.05, 0.1) is 11.5 Å². The first kappa shape index (κ1) is 13.1. The van der Waals surface area contributed by atoms with Crippen LogP contribution in [0, 0.1) is 10.1 Å². The van der Waals surface area contributed by atoms with E-state index >= 15 is 0 Å². The molecule has 17 heavy (non-hydrogen) atoms. The number of nitro groups is 1. The van der Waals surface area contributed by atoms with Gasteiger partial charge < -0.3 is 15.3 Å². The molecule has 1 aromatic rings. The lowest BCUT2D eigenvalue weighted by Crippen LogP contribution is -2.28. The van der Waals surface area contributed by atoms with Crippen LogP contribution in [0.2, 0.25) is 0 Å². The molecule has 0 radical (unpaired) electrons. The summed E-state index contributed by atoms with van der Waals surface area (Å²) in [5.41, 5.74) is -0.167. The van der Waals surface area contributed by atoms with Crippen LogP contribution in [0.25, 0.3) is 0 Å². The molecule has 0 saturated carbocycles. The molecular weight excluding hydrogens is 226 g/mol. The maximum Gasteiger partial charge on any atom is 0.329 e. The lowest BCUT2D eigenvalue weighted by atomic mass is 10.4. The molecule has 0 amide bonds. The van der Waals surface area contributed by atoms with E-state index in [2.05, 4.69) is 15.3 Å². The van der Waals surface area contributed by atoms with Crippen LogP contribution in [0.1, 0.15) is 6.92 Å². The number of aliphatic hydroxyl groups is 1. The van der Waals surface area contributed by atoms with E-state index in [4.69, 9.17) is 5.11 Å². The van der Waals surface area contributed by atoms with Crippen LogP contribution in [0.4, 0.5) is 17.5 Å². The van der Waals surface area contributed by atoms with Crippen LogP contribution in [-0.4, -0.2) is 46.7 Å². The topological polar surface area (TPSA) is 104 Å². The molecule has 1 rings (SSSR count). The summed E-state index contributed by atoms with van der Waals surface area (Å²) in [6.45, 7) is 2.55. The Hall–Kier alpha value is -1.96. The third-order valence-corrected chi connectivity index (χ3v) is 2.22. The highest BCUT2D eigenvalue weighted by molar-refractivity contribution is 5.58. The Balaban J connectivity index is 3.19. The molecule has 0 spiro atoms. The average molecular weight is 241 g/mol. The highest BCUT2D eigenvalue weighted by atomic mass is 16.6. The van der Waals surface area contributed by atoms with Crippen molar-refractivity contribution < 1.29 is 10.0 Å². The number of aliphatic hydroxyl groups excluding tert-OH is 1. The predicted molar refractivity (Wildman–Crippen MR) is 63.2 cm³/mol. The Morgan fingerprint density at radius 2 is 2.35 bits per heavy atom. The zero-order chi connectivity index (χ0) is 12.8. The van der Waals surface area contributed by atoms with E-state index in [1.165, 1.54) is 0 Å². The Kier molecular flexibility index (Phi) is 4.58. The van der Waals surface area contributed by atoms with Crippen LogP contribution < -0.4 is 10.2 Å². The van der Waals surface area contributed by atoms with E-state index in [0.717, 1.165) is 6.20 Å². The Morgan fingerprint density at radius 1 is 1.65 bits per heavy atom. The smallest absolute Gasteiger partial charge is 0.329 e. The number of nitrogens with one attached hydrogen (secondary N) is 1. The fourth-order valence-corrected chi connectivity index (χ4v) is 1.38. The van der Waals surface area contributed by atoms with Crippen LogP contribution in [0.5, 0.6) is 0 Å². The zero-order valence-electron chi connectivity index (χ0n) is 9.75. The second-order valence-electron chi connectivity index (χ2n) is 3.21. The number of hydrogen-bond donors (Lipinski definition) is 2. The molecule has 1 heterocycles. The van der Waals surface area contributed by atoms with Crippen molar-refractivity contribution in [3.8, 4) is 0 Å². The summed E-state index contributed by atoms with van der Waals surface area (Å²) in [5, 5.41) is 22.5.